The molecule has 0 aliphatic rings. The van der Waals surface area contributed by atoms with Crippen LogP contribution in [-0.4, -0.2) is 96.7 Å². The number of hydrogen-bond acceptors (Lipinski definition) is 15. The van der Waals surface area contributed by atoms with Gasteiger partial charge in [-0.3, -0.25) is 37.3 Å². The van der Waals surface area contributed by atoms with Crippen LogP contribution in [0.25, 0.3) is 0 Å². The summed E-state index contributed by atoms with van der Waals surface area (Å²) in [6.45, 7) is 11.7. The van der Waals surface area contributed by atoms with Gasteiger partial charge >= 0.3 is 39.5 Å². The van der Waals surface area contributed by atoms with E-state index in [1.54, 1.807) is 0 Å². The highest BCUT2D eigenvalue weighted by atomic mass is 31.2. The Bertz CT molecular complexity index is 1730. The van der Waals surface area contributed by atoms with Gasteiger partial charge < -0.3 is 33.8 Å². The highest BCUT2D eigenvalue weighted by molar-refractivity contribution is 7.47. The molecule has 0 spiro atoms. The Morgan fingerprint density at radius 3 is 0.773 bits per heavy atom. The van der Waals surface area contributed by atoms with Gasteiger partial charge in [-0.1, -0.05) is 292 Å². The fraction of sp³-hybridized carbons (Fsp3) is 0.942. The van der Waals surface area contributed by atoms with E-state index in [9.17, 15) is 43.2 Å². The minimum Gasteiger partial charge on any atom is -0.462 e. The third-order valence-corrected chi connectivity index (χ3v) is 17.8. The smallest absolute Gasteiger partial charge is 0.462 e. The lowest BCUT2D eigenvalue weighted by Gasteiger charge is -2.21. The zero-order valence-corrected chi connectivity index (χ0v) is 59.0. The van der Waals surface area contributed by atoms with Gasteiger partial charge in [0.2, 0.25) is 0 Å². The molecule has 0 aliphatic carbocycles. The molecule has 0 aromatic carbocycles. The van der Waals surface area contributed by atoms with Crippen molar-refractivity contribution < 1.29 is 80.2 Å². The molecule has 0 rings (SSSR count). The maximum atomic E-state index is 13.0. The van der Waals surface area contributed by atoms with Crippen LogP contribution in [0.3, 0.4) is 0 Å². The predicted octanol–water partition coefficient (Wildman–Crippen LogP) is 19.5. The van der Waals surface area contributed by atoms with Gasteiger partial charge in [0.15, 0.2) is 12.2 Å². The zero-order chi connectivity index (χ0) is 65.2. The topological polar surface area (TPSA) is 237 Å². The number of hydrogen-bond donors (Lipinski definition) is 3. The van der Waals surface area contributed by atoms with Gasteiger partial charge in [-0.25, -0.2) is 9.13 Å². The van der Waals surface area contributed by atoms with Crippen LogP contribution >= 0.6 is 15.6 Å². The summed E-state index contributed by atoms with van der Waals surface area (Å²) in [6, 6.07) is 0. The summed E-state index contributed by atoms with van der Waals surface area (Å²) < 4.78 is 68.2. The van der Waals surface area contributed by atoms with E-state index in [-0.39, 0.29) is 25.7 Å². The Hall–Kier alpha value is -1.94. The van der Waals surface area contributed by atoms with Crippen LogP contribution in [0.5, 0.6) is 0 Å². The van der Waals surface area contributed by atoms with Crippen LogP contribution in [0.2, 0.25) is 0 Å². The molecule has 0 radical (unpaired) electrons. The number of phosphoric acid groups is 2. The fourth-order valence-electron chi connectivity index (χ4n) is 10.4. The maximum Gasteiger partial charge on any atom is 0.472 e. The molecule has 19 heteroatoms. The normalized spacial score (nSPS) is 14.2. The van der Waals surface area contributed by atoms with Gasteiger partial charge in [0, 0.05) is 25.7 Å². The Morgan fingerprint density at radius 1 is 0.307 bits per heavy atom. The van der Waals surface area contributed by atoms with Crippen molar-refractivity contribution in [3.05, 3.63) is 0 Å². The standard InChI is InChI=1S/C69H134O17P2/c1-8-9-10-11-12-13-14-15-16-17-18-23-29-38-45-52-68(73)85-64(56-79-66(71)50-43-36-28-22-20-19-21-26-33-40-47-60(2)3)58-83-87(75,76)81-54-63(70)55-82-88(77,78)84-59-65(57-80-67(72)51-44-37-32-31-35-42-49-62(6)7)86-69(74)53-46-39-30-25-24-27-34-41-48-61(4)5/h60-65,70H,8-59H2,1-7H3,(H,75,76)(H,77,78)/t63-,64-,65-/m1/s1. The SMILES string of the molecule is CCCCCCCCCCCCCCCCCC(=O)O[C@H](COC(=O)CCCCCCCCCCCCC(C)C)COP(=O)(O)OC[C@@H](O)COP(=O)(O)OC[C@@H](COC(=O)CCCCCCCCC(C)C)OC(=O)CCCCCCCCCCC(C)C. The number of phosphoric ester groups is 2. The second kappa shape index (κ2) is 60.0. The fourth-order valence-corrected chi connectivity index (χ4v) is 11.9. The molecular weight excluding hydrogens is 1160 g/mol. The number of ether oxygens (including phenoxy) is 4. The Morgan fingerprint density at radius 2 is 0.523 bits per heavy atom. The average Bonchev–Trinajstić information content (AvgIpc) is 3.55. The lowest BCUT2D eigenvalue weighted by Crippen LogP contribution is -2.30. The van der Waals surface area contributed by atoms with E-state index in [1.165, 1.54) is 148 Å². The van der Waals surface area contributed by atoms with Crippen molar-refractivity contribution in [3.8, 4) is 0 Å². The summed E-state index contributed by atoms with van der Waals surface area (Å²) in [7, 11) is -9.90. The van der Waals surface area contributed by atoms with Crippen molar-refractivity contribution in [2.75, 3.05) is 39.6 Å². The Labute approximate surface area is 537 Å². The minimum atomic E-state index is -4.95. The number of esters is 4. The first kappa shape index (κ1) is 86.1. The van der Waals surface area contributed by atoms with Gasteiger partial charge in [-0.15, -0.1) is 0 Å². The molecular formula is C69H134O17P2. The highest BCUT2D eigenvalue weighted by Gasteiger charge is 2.30. The van der Waals surface area contributed by atoms with Crippen molar-refractivity contribution in [2.24, 2.45) is 17.8 Å². The number of carbonyl (C=O) groups excluding carboxylic acids is 4. The highest BCUT2D eigenvalue weighted by Crippen LogP contribution is 2.45. The molecule has 0 amide bonds. The second-order valence-corrected chi connectivity index (χ2v) is 29.3. The summed E-state index contributed by atoms with van der Waals surface area (Å²) >= 11 is 0. The third-order valence-electron chi connectivity index (χ3n) is 15.9. The van der Waals surface area contributed by atoms with E-state index in [4.69, 9.17) is 37.0 Å². The average molecular weight is 1300 g/mol. The number of unbranched alkanes of at least 4 members (excludes halogenated alkanes) is 35. The van der Waals surface area contributed by atoms with Crippen molar-refractivity contribution in [1.29, 1.82) is 0 Å². The monoisotopic (exact) mass is 1300 g/mol. The van der Waals surface area contributed by atoms with E-state index in [0.717, 1.165) is 108 Å². The van der Waals surface area contributed by atoms with Gasteiger partial charge in [0.25, 0.3) is 0 Å². The molecule has 0 aliphatic heterocycles. The summed E-state index contributed by atoms with van der Waals surface area (Å²) in [5.41, 5.74) is 0. The van der Waals surface area contributed by atoms with E-state index < -0.39 is 97.5 Å². The van der Waals surface area contributed by atoms with Crippen LogP contribution in [0.4, 0.5) is 0 Å². The van der Waals surface area contributed by atoms with Crippen LogP contribution in [0.15, 0.2) is 0 Å². The molecule has 0 aromatic rings. The third kappa shape index (κ3) is 62.8. The molecule has 0 aromatic heterocycles. The zero-order valence-electron chi connectivity index (χ0n) is 57.2. The molecule has 0 bridgehead atoms. The lowest BCUT2D eigenvalue weighted by atomic mass is 10.0. The summed E-state index contributed by atoms with van der Waals surface area (Å²) in [5, 5.41) is 10.6. The van der Waals surface area contributed by atoms with E-state index >= 15 is 0 Å². The molecule has 0 fully saturated rings. The van der Waals surface area contributed by atoms with Crippen LogP contribution in [-0.2, 0) is 65.4 Å². The molecule has 17 nitrogen and oxygen atoms in total. The quantitative estimate of drug-likeness (QED) is 0.0222. The summed E-state index contributed by atoms with van der Waals surface area (Å²) in [4.78, 5) is 72.4. The van der Waals surface area contributed by atoms with Gasteiger partial charge in [-0.05, 0) is 43.4 Å². The molecule has 3 N–H and O–H groups in total. The summed E-state index contributed by atoms with van der Waals surface area (Å²) in [6.07, 6.45) is 43.2. The van der Waals surface area contributed by atoms with Crippen molar-refractivity contribution in [2.45, 2.75) is 362 Å². The number of rotatable bonds is 67. The second-order valence-electron chi connectivity index (χ2n) is 26.3. The Kier molecular flexibility index (Phi) is 58.7. The first-order valence-electron chi connectivity index (χ1n) is 35.8. The van der Waals surface area contributed by atoms with Crippen molar-refractivity contribution >= 4 is 39.5 Å². The number of carbonyl (C=O) groups is 4. The lowest BCUT2D eigenvalue weighted by molar-refractivity contribution is -0.161. The van der Waals surface area contributed by atoms with E-state index in [2.05, 4.69) is 48.5 Å². The van der Waals surface area contributed by atoms with Gasteiger partial charge in [-0.2, -0.15) is 0 Å². The molecule has 88 heavy (non-hydrogen) atoms. The molecule has 0 heterocycles. The largest absolute Gasteiger partial charge is 0.472 e. The van der Waals surface area contributed by atoms with Crippen LogP contribution in [0.1, 0.15) is 344 Å². The first-order valence-corrected chi connectivity index (χ1v) is 38.8. The number of aliphatic hydroxyl groups is 1. The Balaban J connectivity index is 5.24. The number of aliphatic hydroxyl groups excluding tert-OH is 1. The van der Waals surface area contributed by atoms with E-state index in [0.29, 0.717) is 31.6 Å². The van der Waals surface area contributed by atoms with Crippen LogP contribution in [0, 0.1) is 17.8 Å². The summed E-state index contributed by atoms with van der Waals surface area (Å²) in [5.74, 6) is 0.0261. The van der Waals surface area contributed by atoms with Crippen molar-refractivity contribution in [3.63, 3.8) is 0 Å². The molecule has 0 saturated heterocycles. The first-order chi connectivity index (χ1) is 42.2. The van der Waals surface area contributed by atoms with E-state index in [1.807, 2.05) is 0 Å². The molecule has 0 saturated carbocycles. The van der Waals surface area contributed by atoms with Crippen LogP contribution < -0.4 is 0 Å². The molecule has 522 valence electrons. The maximum absolute atomic E-state index is 13.0. The van der Waals surface area contributed by atoms with Gasteiger partial charge in [0.05, 0.1) is 26.4 Å². The molecule has 2 unspecified atom stereocenters. The minimum absolute atomic E-state index is 0.103. The predicted molar refractivity (Wildman–Crippen MR) is 354 cm³/mol. The molecule has 5 atom stereocenters. The van der Waals surface area contributed by atoms with Crippen molar-refractivity contribution in [1.82, 2.24) is 0 Å². The van der Waals surface area contributed by atoms with Gasteiger partial charge in [0.1, 0.15) is 19.3 Å².